The summed E-state index contributed by atoms with van der Waals surface area (Å²) in [7, 11) is 0. The topological polar surface area (TPSA) is 81.0 Å². The molecular weight excluding hydrogens is 299 g/mol. The molecule has 1 aromatic carbocycles. The van der Waals surface area contributed by atoms with E-state index in [1.54, 1.807) is 19.1 Å². The van der Waals surface area contributed by atoms with Gasteiger partial charge in [-0.2, -0.15) is 4.98 Å². The van der Waals surface area contributed by atoms with Crippen LogP contribution in [-0.2, 0) is 0 Å². The Kier molecular flexibility index (Phi) is 4.32. The van der Waals surface area contributed by atoms with Crippen molar-refractivity contribution in [2.75, 3.05) is 5.32 Å². The first-order valence-corrected chi connectivity index (χ1v) is 6.47. The number of nitrogens with one attached hydrogen (secondary N) is 1. The number of aryl methyl sites for hydroxylation is 1. The van der Waals surface area contributed by atoms with Gasteiger partial charge in [0.25, 0.3) is 0 Å². The quantitative estimate of drug-likeness (QED) is 0.529. The van der Waals surface area contributed by atoms with E-state index in [2.05, 4.69) is 15.3 Å². The summed E-state index contributed by atoms with van der Waals surface area (Å²) in [6.45, 7) is 3.22. The van der Waals surface area contributed by atoms with Crippen molar-refractivity contribution in [1.82, 2.24) is 9.97 Å². The highest BCUT2D eigenvalue weighted by Crippen LogP contribution is 2.29. The zero-order chi connectivity index (χ0) is 15.6. The van der Waals surface area contributed by atoms with Crippen LogP contribution >= 0.6 is 11.6 Å². The molecule has 0 radical (unpaired) electrons. The van der Waals surface area contributed by atoms with E-state index >= 15 is 0 Å². The zero-order valence-electron chi connectivity index (χ0n) is 11.3. The van der Waals surface area contributed by atoms with E-state index in [-0.39, 0.29) is 34.3 Å². The second kappa shape index (κ2) is 6.01. The van der Waals surface area contributed by atoms with Gasteiger partial charge in [-0.3, -0.25) is 10.1 Å². The van der Waals surface area contributed by atoms with Crippen LogP contribution in [0.2, 0.25) is 5.28 Å². The van der Waals surface area contributed by atoms with Crippen LogP contribution in [0.5, 0.6) is 0 Å². The average Bonchev–Trinajstić information content (AvgIpc) is 2.37. The number of hydrogen-bond acceptors (Lipinski definition) is 5. The van der Waals surface area contributed by atoms with E-state index in [0.29, 0.717) is 5.56 Å². The second-order valence-corrected chi connectivity index (χ2v) is 4.79. The minimum Gasteiger partial charge on any atom is -0.358 e. The fourth-order valence-corrected chi connectivity index (χ4v) is 2.13. The average molecular weight is 311 g/mol. The van der Waals surface area contributed by atoms with Gasteiger partial charge in [0, 0.05) is 0 Å². The van der Waals surface area contributed by atoms with Gasteiger partial charge in [0.05, 0.1) is 11.0 Å². The summed E-state index contributed by atoms with van der Waals surface area (Å²) in [5, 5.41) is 13.9. The Morgan fingerprint density at radius 3 is 2.76 bits per heavy atom. The molecule has 8 heteroatoms. The van der Waals surface area contributed by atoms with Gasteiger partial charge in [0.2, 0.25) is 11.1 Å². The summed E-state index contributed by atoms with van der Waals surface area (Å²) in [6, 6.07) is 5.56. The Bertz CT molecular complexity index is 696. The lowest BCUT2D eigenvalue weighted by atomic mass is 10.1. The Labute approximate surface area is 125 Å². The normalized spacial score (nSPS) is 12.0. The highest BCUT2D eigenvalue weighted by molar-refractivity contribution is 6.28. The molecule has 0 aliphatic carbocycles. The molecule has 0 spiro atoms. The smallest absolute Gasteiger partial charge is 0.332 e. The van der Waals surface area contributed by atoms with Gasteiger partial charge in [-0.15, -0.1) is 0 Å². The van der Waals surface area contributed by atoms with E-state index in [9.17, 15) is 14.5 Å². The van der Waals surface area contributed by atoms with E-state index in [4.69, 9.17) is 11.6 Å². The van der Waals surface area contributed by atoms with Crippen LogP contribution in [0, 0.1) is 22.9 Å². The van der Waals surface area contributed by atoms with E-state index < -0.39 is 4.92 Å². The molecule has 0 amide bonds. The van der Waals surface area contributed by atoms with Gasteiger partial charge >= 0.3 is 5.69 Å². The fraction of sp³-hybridized carbons (Fsp3) is 0.231. The summed E-state index contributed by atoms with van der Waals surface area (Å²) in [4.78, 5) is 18.1. The standard InChI is InChI=1S/C13H12ClFN4O2/c1-7(9-4-3-5-10(15)6-9)16-12-11(19(20)21)8(2)17-13(14)18-12/h3-7H,1-2H3,(H,16,17,18). The lowest BCUT2D eigenvalue weighted by molar-refractivity contribution is -0.385. The van der Waals surface area contributed by atoms with Crippen molar-refractivity contribution in [3.8, 4) is 0 Å². The summed E-state index contributed by atoms with van der Waals surface area (Å²) >= 11 is 5.74. The highest BCUT2D eigenvalue weighted by atomic mass is 35.5. The summed E-state index contributed by atoms with van der Waals surface area (Å²) < 4.78 is 13.2. The monoisotopic (exact) mass is 310 g/mol. The first-order valence-electron chi connectivity index (χ1n) is 6.09. The first-order chi connectivity index (χ1) is 9.88. The summed E-state index contributed by atoms with van der Waals surface area (Å²) in [5.74, 6) is -0.373. The lowest BCUT2D eigenvalue weighted by Crippen LogP contribution is -2.11. The van der Waals surface area contributed by atoms with Crippen LogP contribution < -0.4 is 5.32 Å². The predicted octanol–water partition coefficient (Wildman–Crippen LogP) is 3.66. The molecule has 1 atom stereocenters. The highest BCUT2D eigenvalue weighted by Gasteiger charge is 2.23. The summed E-state index contributed by atoms with van der Waals surface area (Å²) in [6.07, 6.45) is 0. The lowest BCUT2D eigenvalue weighted by Gasteiger charge is -2.15. The number of hydrogen-bond donors (Lipinski definition) is 1. The Balaban J connectivity index is 2.37. The molecule has 0 fully saturated rings. The van der Waals surface area contributed by atoms with E-state index in [0.717, 1.165) is 0 Å². The maximum Gasteiger partial charge on any atom is 0.332 e. The van der Waals surface area contributed by atoms with Crippen molar-refractivity contribution in [2.24, 2.45) is 0 Å². The maximum atomic E-state index is 13.2. The number of nitro groups is 1. The van der Waals surface area contributed by atoms with Gasteiger partial charge in [-0.05, 0) is 43.1 Å². The molecule has 0 bridgehead atoms. The van der Waals surface area contributed by atoms with Gasteiger partial charge < -0.3 is 5.32 Å². The van der Waals surface area contributed by atoms with Gasteiger partial charge in [0.15, 0.2) is 0 Å². The molecule has 2 rings (SSSR count). The predicted molar refractivity (Wildman–Crippen MR) is 76.9 cm³/mol. The van der Waals surface area contributed by atoms with Crippen molar-refractivity contribution in [3.05, 3.63) is 56.7 Å². The number of nitrogens with zero attached hydrogens (tertiary/aromatic N) is 3. The van der Waals surface area contributed by atoms with Crippen LogP contribution in [0.15, 0.2) is 24.3 Å². The molecule has 0 aliphatic rings. The maximum absolute atomic E-state index is 13.2. The third-order valence-electron chi connectivity index (χ3n) is 2.92. The fourth-order valence-electron chi connectivity index (χ4n) is 1.92. The van der Waals surface area contributed by atoms with Crippen LogP contribution in [0.25, 0.3) is 0 Å². The molecule has 21 heavy (non-hydrogen) atoms. The molecule has 110 valence electrons. The van der Waals surface area contributed by atoms with Gasteiger partial charge in [-0.1, -0.05) is 12.1 Å². The zero-order valence-corrected chi connectivity index (χ0v) is 12.1. The Morgan fingerprint density at radius 2 is 2.14 bits per heavy atom. The molecule has 6 nitrogen and oxygen atoms in total. The SMILES string of the molecule is Cc1nc(Cl)nc(NC(C)c2cccc(F)c2)c1[N+](=O)[O-]. The third kappa shape index (κ3) is 3.43. The molecule has 1 heterocycles. The molecule has 1 unspecified atom stereocenters. The Morgan fingerprint density at radius 1 is 1.43 bits per heavy atom. The second-order valence-electron chi connectivity index (χ2n) is 4.45. The van der Waals surface area contributed by atoms with Gasteiger partial charge in [-0.25, -0.2) is 9.37 Å². The largest absolute Gasteiger partial charge is 0.358 e. The van der Waals surface area contributed by atoms with Crippen LogP contribution in [-0.4, -0.2) is 14.9 Å². The van der Waals surface area contributed by atoms with Crippen LogP contribution in [0.4, 0.5) is 15.9 Å². The number of halogens is 2. The minimum absolute atomic E-state index is 0.00858. The first kappa shape index (κ1) is 15.1. The minimum atomic E-state index is -0.577. The number of anilines is 1. The molecule has 0 saturated heterocycles. The number of benzene rings is 1. The van der Waals surface area contributed by atoms with Crippen molar-refractivity contribution in [1.29, 1.82) is 0 Å². The summed E-state index contributed by atoms with van der Waals surface area (Å²) in [5.41, 5.74) is 0.549. The molecule has 1 N–H and O–H groups in total. The Hall–Kier alpha value is -2.28. The van der Waals surface area contributed by atoms with Crippen LogP contribution in [0.1, 0.15) is 24.2 Å². The molecule has 0 aliphatic heterocycles. The van der Waals surface area contributed by atoms with E-state index in [1.807, 2.05) is 0 Å². The molecular formula is C13H12ClFN4O2. The van der Waals surface area contributed by atoms with Crippen molar-refractivity contribution in [3.63, 3.8) is 0 Å². The van der Waals surface area contributed by atoms with Gasteiger partial charge in [0.1, 0.15) is 11.5 Å². The number of rotatable bonds is 4. The van der Waals surface area contributed by atoms with E-state index in [1.165, 1.54) is 19.1 Å². The van der Waals surface area contributed by atoms with Crippen LogP contribution in [0.3, 0.4) is 0 Å². The van der Waals surface area contributed by atoms with Crippen molar-refractivity contribution >= 4 is 23.1 Å². The molecule has 0 saturated carbocycles. The number of aromatic nitrogens is 2. The third-order valence-corrected chi connectivity index (χ3v) is 3.08. The van der Waals surface area contributed by atoms with Crippen molar-refractivity contribution < 1.29 is 9.31 Å². The molecule has 2 aromatic rings. The molecule has 1 aromatic heterocycles. The van der Waals surface area contributed by atoms with Crippen molar-refractivity contribution in [2.45, 2.75) is 19.9 Å².